The highest BCUT2D eigenvalue weighted by Gasteiger charge is 2.45. The number of hydrogen-bond acceptors (Lipinski definition) is 13. The third kappa shape index (κ3) is 7.05. The second-order valence-corrected chi connectivity index (χ2v) is 11.8. The van der Waals surface area contributed by atoms with Gasteiger partial charge < -0.3 is 19.1 Å². The van der Waals surface area contributed by atoms with Crippen LogP contribution in [0.2, 0.25) is 0 Å². The molecule has 1 N–H and O–H groups in total. The van der Waals surface area contributed by atoms with E-state index in [0.29, 0.717) is 5.56 Å². The highest BCUT2D eigenvalue weighted by atomic mass is 32.2. The second kappa shape index (κ2) is 14.2. The molecule has 1 unspecified atom stereocenters. The standard InChI is InChI=1S/C29H27N5O13S/c1-17(30-48(43,44)20-11-9-19(10-12-20)32(37)38)29(36)31-14-13-21-24(22(31)15-23(35)47-16-18-7-5-4-6-8-18)26(34(41)42)28(46-3)27(45-2)25(21)33(39)40/h4-14,17,22,30H,15-16H2,1-3H3/t17-,22?/m0/s1. The molecule has 0 saturated heterocycles. The Hall–Kier alpha value is -5.95. The lowest BCUT2D eigenvalue weighted by atomic mass is 9.89. The lowest BCUT2D eigenvalue weighted by Gasteiger charge is -2.34. The molecule has 18 nitrogen and oxygen atoms in total. The number of fused-ring (bicyclic) bond motifs is 1. The van der Waals surface area contributed by atoms with Crippen LogP contribution in [0, 0.1) is 30.3 Å². The third-order valence-corrected chi connectivity index (χ3v) is 8.75. The van der Waals surface area contributed by atoms with E-state index in [0.717, 1.165) is 62.6 Å². The molecule has 252 valence electrons. The predicted octanol–water partition coefficient (Wildman–Crippen LogP) is 3.78. The van der Waals surface area contributed by atoms with Crippen molar-refractivity contribution in [2.75, 3.05) is 14.2 Å². The zero-order valence-corrected chi connectivity index (χ0v) is 26.2. The number of rotatable bonds is 13. The van der Waals surface area contributed by atoms with Crippen molar-refractivity contribution in [2.24, 2.45) is 0 Å². The Kier molecular flexibility index (Phi) is 10.3. The van der Waals surface area contributed by atoms with Gasteiger partial charge in [-0.25, -0.2) is 8.42 Å². The van der Waals surface area contributed by atoms with Crippen LogP contribution in [0.25, 0.3) is 6.08 Å². The van der Waals surface area contributed by atoms with Crippen molar-refractivity contribution >= 4 is 45.0 Å². The van der Waals surface area contributed by atoms with Crippen molar-refractivity contribution < 1.29 is 47.0 Å². The number of hydrogen-bond donors (Lipinski definition) is 1. The maximum atomic E-state index is 13.9. The van der Waals surface area contributed by atoms with Gasteiger partial charge in [-0.3, -0.25) is 39.9 Å². The van der Waals surface area contributed by atoms with Crippen molar-refractivity contribution in [3.63, 3.8) is 0 Å². The molecule has 0 radical (unpaired) electrons. The molecule has 0 aromatic heterocycles. The predicted molar refractivity (Wildman–Crippen MR) is 165 cm³/mol. The summed E-state index contributed by atoms with van der Waals surface area (Å²) < 4.78 is 43.9. The van der Waals surface area contributed by atoms with E-state index in [-0.39, 0.29) is 17.9 Å². The molecule has 0 aliphatic carbocycles. The van der Waals surface area contributed by atoms with Gasteiger partial charge in [-0.05, 0) is 30.7 Å². The number of nitrogens with one attached hydrogen (secondary N) is 1. The summed E-state index contributed by atoms with van der Waals surface area (Å²) in [6.07, 6.45) is 1.30. The molecule has 2 atom stereocenters. The molecule has 3 aromatic rings. The second-order valence-electron chi connectivity index (χ2n) is 10.1. The van der Waals surface area contributed by atoms with Crippen LogP contribution < -0.4 is 14.2 Å². The summed E-state index contributed by atoms with van der Waals surface area (Å²) in [4.78, 5) is 60.7. The molecule has 1 aliphatic rings. The molecular weight excluding hydrogens is 658 g/mol. The van der Waals surface area contributed by atoms with Gasteiger partial charge in [0.1, 0.15) is 6.61 Å². The first-order chi connectivity index (χ1) is 22.7. The Morgan fingerprint density at radius 3 is 2.02 bits per heavy atom. The Morgan fingerprint density at radius 1 is 0.896 bits per heavy atom. The number of non-ortho nitro benzene ring substituents is 1. The monoisotopic (exact) mass is 685 g/mol. The van der Waals surface area contributed by atoms with Crippen molar-refractivity contribution in [1.82, 2.24) is 9.62 Å². The number of esters is 1. The van der Waals surface area contributed by atoms with E-state index < -0.39 is 88.5 Å². The van der Waals surface area contributed by atoms with Gasteiger partial charge in [0.15, 0.2) is 0 Å². The highest BCUT2D eigenvalue weighted by molar-refractivity contribution is 7.89. The fraction of sp³-hybridized carbons (Fsp3) is 0.241. The van der Waals surface area contributed by atoms with E-state index in [9.17, 15) is 48.3 Å². The van der Waals surface area contributed by atoms with Gasteiger partial charge in [0, 0.05) is 18.3 Å². The molecule has 19 heteroatoms. The average molecular weight is 686 g/mol. The van der Waals surface area contributed by atoms with Crippen molar-refractivity contribution in [2.45, 2.75) is 36.9 Å². The van der Waals surface area contributed by atoms with Crippen LogP contribution in [0.4, 0.5) is 17.1 Å². The van der Waals surface area contributed by atoms with Crippen LogP contribution in [0.3, 0.4) is 0 Å². The Bertz CT molecular complexity index is 1920. The average Bonchev–Trinajstić information content (AvgIpc) is 3.05. The smallest absolute Gasteiger partial charge is 0.322 e. The van der Waals surface area contributed by atoms with Gasteiger partial charge in [-0.1, -0.05) is 30.3 Å². The minimum atomic E-state index is -4.46. The van der Waals surface area contributed by atoms with E-state index in [1.807, 2.05) is 0 Å². The number of carbonyl (C=O) groups is 2. The maximum absolute atomic E-state index is 13.9. The summed E-state index contributed by atoms with van der Waals surface area (Å²) in [5, 5.41) is 35.7. The third-order valence-electron chi connectivity index (χ3n) is 7.20. The van der Waals surface area contributed by atoms with E-state index >= 15 is 0 Å². The van der Waals surface area contributed by atoms with Gasteiger partial charge in [0.05, 0.1) is 63.5 Å². The van der Waals surface area contributed by atoms with Crippen molar-refractivity contribution in [3.05, 3.63) is 108 Å². The van der Waals surface area contributed by atoms with Crippen molar-refractivity contribution in [3.8, 4) is 11.5 Å². The van der Waals surface area contributed by atoms with Crippen LogP contribution >= 0.6 is 0 Å². The molecule has 1 amide bonds. The van der Waals surface area contributed by atoms with Crippen LogP contribution in [-0.4, -0.2) is 60.2 Å². The maximum Gasteiger partial charge on any atom is 0.322 e. The first-order valence-electron chi connectivity index (χ1n) is 13.8. The van der Waals surface area contributed by atoms with Gasteiger partial charge in [-0.15, -0.1) is 0 Å². The van der Waals surface area contributed by atoms with E-state index in [1.165, 1.54) is 0 Å². The number of nitro benzene ring substituents is 3. The zero-order chi connectivity index (χ0) is 35.3. The molecule has 0 fully saturated rings. The summed E-state index contributed by atoms with van der Waals surface area (Å²) in [5.74, 6) is -3.19. The topological polar surface area (TPSA) is 241 Å². The SMILES string of the molecule is COc1c(OC)c([N+](=O)[O-])c2c(c1[N+](=O)[O-])C=CN(C(=O)[C@H](C)NS(=O)(=O)c1ccc([N+](=O)[O-])cc1)C2CC(=O)OCc1ccccc1. The van der Waals surface area contributed by atoms with Crippen LogP contribution in [0.1, 0.15) is 36.1 Å². The summed E-state index contributed by atoms with van der Waals surface area (Å²) in [6, 6.07) is 9.10. The van der Waals surface area contributed by atoms with Crippen LogP contribution in [0.5, 0.6) is 11.5 Å². The molecule has 0 bridgehead atoms. The number of ether oxygens (including phenoxy) is 3. The van der Waals surface area contributed by atoms with E-state index in [2.05, 4.69) is 4.72 Å². The van der Waals surface area contributed by atoms with Gasteiger partial charge in [-0.2, -0.15) is 4.72 Å². The van der Waals surface area contributed by atoms with E-state index in [1.54, 1.807) is 30.3 Å². The molecular formula is C29H27N5O13S. The van der Waals surface area contributed by atoms with Crippen LogP contribution in [-0.2, 0) is 31.0 Å². The summed E-state index contributed by atoms with van der Waals surface area (Å²) in [6.45, 7) is 0.952. The minimum absolute atomic E-state index is 0.206. The molecule has 1 aliphatic heterocycles. The number of benzene rings is 3. The number of carbonyl (C=O) groups excluding carboxylic acids is 2. The summed E-state index contributed by atoms with van der Waals surface area (Å²) in [7, 11) is -2.40. The fourth-order valence-corrected chi connectivity index (χ4v) is 6.26. The molecule has 1 heterocycles. The molecule has 0 spiro atoms. The molecule has 48 heavy (non-hydrogen) atoms. The van der Waals surface area contributed by atoms with Crippen LogP contribution in [0.15, 0.2) is 65.7 Å². The number of sulfonamides is 1. The lowest BCUT2D eigenvalue weighted by Crippen LogP contribution is -2.47. The Labute approximate surface area is 272 Å². The number of nitrogens with zero attached hydrogens (tertiary/aromatic N) is 4. The first-order valence-corrected chi connectivity index (χ1v) is 15.3. The van der Waals surface area contributed by atoms with Crippen molar-refractivity contribution in [1.29, 1.82) is 0 Å². The number of methoxy groups -OCH3 is 2. The Balaban J connectivity index is 1.79. The largest absolute Gasteiger partial charge is 0.487 e. The minimum Gasteiger partial charge on any atom is -0.487 e. The molecule has 0 saturated carbocycles. The number of amides is 1. The van der Waals surface area contributed by atoms with E-state index in [4.69, 9.17) is 14.2 Å². The molecule has 4 rings (SSSR count). The normalized spacial score (nSPS) is 14.4. The fourth-order valence-electron chi connectivity index (χ4n) is 5.06. The lowest BCUT2D eigenvalue weighted by molar-refractivity contribution is -0.391. The Morgan fingerprint density at radius 2 is 1.48 bits per heavy atom. The quantitative estimate of drug-likeness (QED) is 0.153. The highest BCUT2D eigenvalue weighted by Crippen LogP contribution is 2.54. The molecule has 3 aromatic carbocycles. The zero-order valence-electron chi connectivity index (χ0n) is 25.4. The summed E-state index contributed by atoms with van der Waals surface area (Å²) >= 11 is 0. The van der Waals surface area contributed by atoms with Gasteiger partial charge in [0.2, 0.25) is 27.4 Å². The first kappa shape index (κ1) is 34.9. The summed E-state index contributed by atoms with van der Waals surface area (Å²) in [5.41, 5.74) is -2.16. The van der Waals surface area contributed by atoms with Gasteiger partial charge in [0.25, 0.3) is 5.69 Å². The van der Waals surface area contributed by atoms with Gasteiger partial charge >= 0.3 is 17.3 Å². The number of nitro groups is 3.